The van der Waals surface area contributed by atoms with E-state index in [9.17, 15) is 4.57 Å². The lowest BCUT2D eigenvalue weighted by molar-refractivity contribution is 0.203. The van der Waals surface area contributed by atoms with Crippen LogP contribution in [-0.4, -0.2) is 31.0 Å². The van der Waals surface area contributed by atoms with Gasteiger partial charge in [-0.2, -0.15) is 0 Å². The molecule has 1 aliphatic heterocycles. The van der Waals surface area contributed by atoms with Crippen LogP contribution in [0.3, 0.4) is 0 Å². The van der Waals surface area contributed by atoms with Crippen LogP contribution in [0.5, 0.6) is 0 Å². The first kappa shape index (κ1) is 8.80. The minimum Gasteiger partial charge on any atom is -0.317 e. The summed E-state index contributed by atoms with van der Waals surface area (Å²) in [5.74, 6) is 2.58. The Labute approximate surface area is 67.2 Å². The van der Waals surface area contributed by atoms with E-state index in [-0.39, 0.29) is 6.04 Å². The van der Waals surface area contributed by atoms with Gasteiger partial charge < -0.3 is 4.52 Å². The maximum atomic E-state index is 11.5. The fraction of sp³-hybridized carbons (Fsp3) is 0.714. The van der Waals surface area contributed by atoms with Crippen molar-refractivity contribution >= 4 is 7.52 Å². The normalized spacial score (nSPS) is 39.9. The van der Waals surface area contributed by atoms with Crippen molar-refractivity contribution in [1.29, 1.82) is 0 Å². The van der Waals surface area contributed by atoms with Crippen LogP contribution in [0.2, 0.25) is 0 Å². The molecule has 2 unspecified atom stereocenters. The van der Waals surface area contributed by atoms with Gasteiger partial charge in [-0.3, -0.25) is 4.57 Å². The monoisotopic (exact) mass is 173 g/mol. The lowest BCUT2D eigenvalue weighted by Crippen LogP contribution is -2.33. The molecule has 2 atom stereocenters. The standard InChI is InChI=1S/C7H12NO2P/c1-4-7-5-6-10-11(3,9)8(7)2/h1,7H,5-6H2,2-3H3. The molecule has 0 aromatic rings. The second-order valence-corrected chi connectivity index (χ2v) is 5.18. The van der Waals surface area contributed by atoms with Gasteiger partial charge in [-0.15, -0.1) is 6.42 Å². The van der Waals surface area contributed by atoms with Gasteiger partial charge in [0.25, 0.3) is 7.52 Å². The van der Waals surface area contributed by atoms with Crippen LogP contribution in [-0.2, 0) is 9.09 Å². The van der Waals surface area contributed by atoms with E-state index in [2.05, 4.69) is 5.92 Å². The zero-order valence-electron chi connectivity index (χ0n) is 6.78. The molecule has 0 amide bonds. The van der Waals surface area contributed by atoms with E-state index in [0.29, 0.717) is 6.61 Å². The van der Waals surface area contributed by atoms with E-state index >= 15 is 0 Å². The van der Waals surface area contributed by atoms with Crippen LogP contribution in [0.4, 0.5) is 0 Å². The lowest BCUT2D eigenvalue weighted by atomic mass is 10.2. The van der Waals surface area contributed by atoms with Crippen molar-refractivity contribution in [2.24, 2.45) is 0 Å². The van der Waals surface area contributed by atoms with Crippen LogP contribution in [0.25, 0.3) is 0 Å². The molecule has 3 nitrogen and oxygen atoms in total. The van der Waals surface area contributed by atoms with Gasteiger partial charge in [0.05, 0.1) is 12.6 Å². The van der Waals surface area contributed by atoms with Gasteiger partial charge in [0.2, 0.25) is 0 Å². The summed E-state index contributed by atoms with van der Waals surface area (Å²) in [5, 5.41) is 0. The highest BCUT2D eigenvalue weighted by molar-refractivity contribution is 7.55. The van der Waals surface area contributed by atoms with E-state index in [1.807, 2.05) is 0 Å². The Morgan fingerprint density at radius 2 is 2.45 bits per heavy atom. The quantitative estimate of drug-likeness (QED) is 0.406. The Balaban J connectivity index is 2.78. The number of nitrogens with zero attached hydrogens (tertiary/aromatic N) is 1. The van der Waals surface area contributed by atoms with Crippen molar-refractivity contribution in [3.05, 3.63) is 0 Å². The number of hydrogen-bond acceptors (Lipinski definition) is 2. The predicted octanol–water partition coefficient (Wildman–Crippen LogP) is 1.16. The maximum absolute atomic E-state index is 11.5. The Kier molecular flexibility index (Phi) is 2.39. The van der Waals surface area contributed by atoms with Crippen LogP contribution in [0, 0.1) is 12.3 Å². The number of hydrogen-bond donors (Lipinski definition) is 0. The molecule has 4 heteroatoms. The SMILES string of the molecule is C#CC1CCOP(C)(=O)N1C. The molecule has 1 rings (SSSR count). The van der Waals surface area contributed by atoms with Crippen molar-refractivity contribution in [3.63, 3.8) is 0 Å². The molecule has 1 aliphatic rings. The molecule has 1 fully saturated rings. The van der Waals surface area contributed by atoms with Gasteiger partial charge in [0.1, 0.15) is 0 Å². The summed E-state index contributed by atoms with van der Waals surface area (Å²) in [4.78, 5) is 0. The first-order valence-corrected chi connectivity index (χ1v) is 5.52. The number of rotatable bonds is 0. The summed E-state index contributed by atoms with van der Waals surface area (Å²) in [7, 11) is -0.819. The van der Waals surface area contributed by atoms with Crippen molar-refractivity contribution in [2.45, 2.75) is 12.5 Å². The fourth-order valence-corrected chi connectivity index (χ4v) is 2.37. The van der Waals surface area contributed by atoms with E-state index in [1.54, 1.807) is 18.4 Å². The summed E-state index contributed by atoms with van der Waals surface area (Å²) < 4.78 is 18.3. The highest BCUT2D eigenvalue weighted by Crippen LogP contribution is 2.50. The van der Waals surface area contributed by atoms with Crippen LogP contribution in [0.1, 0.15) is 6.42 Å². The molecule has 0 saturated carbocycles. The third kappa shape index (κ3) is 1.65. The smallest absolute Gasteiger partial charge is 0.270 e. The Bertz CT molecular complexity index is 233. The first-order valence-electron chi connectivity index (χ1n) is 3.49. The van der Waals surface area contributed by atoms with Gasteiger partial charge in [-0.05, 0) is 13.5 Å². The third-order valence-electron chi connectivity index (χ3n) is 1.94. The van der Waals surface area contributed by atoms with Crippen LogP contribution < -0.4 is 0 Å². The largest absolute Gasteiger partial charge is 0.317 e. The number of terminal acetylenes is 1. The third-order valence-corrected chi connectivity index (χ3v) is 4.03. The second kappa shape index (κ2) is 2.98. The molecule has 62 valence electrons. The van der Waals surface area contributed by atoms with Gasteiger partial charge >= 0.3 is 0 Å². The van der Waals surface area contributed by atoms with Crippen molar-refractivity contribution in [3.8, 4) is 12.3 Å². The molecular weight excluding hydrogens is 161 g/mol. The van der Waals surface area contributed by atoms with Gasteiger partial charge in [-0.25, -0.2) is 4.67 Å². The van der Waals surface area contributed by atoms with Gasteiger partial charge in [-0.1, -0.05) is 5.92 Å². The Morgan fingerprint density at radius 1 is 1.82 bits per heavy atom. The van der Waals surface area contributed by atoms with E-state index < -0.39 is 7.52 Å². The van der Waals surface area contributed by atoms with Crippen molar-refractivity contribution in [2.75, 3.05) is 20.3 Å². The average molecular weight is 173 g/mol. The van der Waals surface area contributed by atoms with Crippen molar-refractivity contribution in [1.82, 2.24) is 4.67 Å². The van der Waals surface area contributed by atoms with Crippen molar-refractivity contribution < 1.29 is 9.09 Å². The van der Waals surface area contributed by atoms with Crippen LogP contribution in [0.15, 0.2) is 0 Å². The summed E-state index contributed by atoms with van der Waals surface area (Å²) in [5.41, 5.74) is 0. The molecule has 0 aromatic heterocycles. The molecule has 1 heterocycles. The Morgan fingerprint density at radius 3 is 2.91 bits per heavy atom. The second-order valence-electron chi connectivity index (χ2n) is 2.68. The van der Waals surface area contributed by atoms with Crippen LogP contribution >= 0.6 is 7.52 Å². The summed E-state index contributed by atoms with van der Waals surface area (Å²) in [6.45, 7) is 2.10. The first-order chi connectivity index (χ1) is 5.08. The molecule has 0 N–H and O–H groups in total. The molecule has 0 aliphatic carbocycles. The predicted molar refractivity (Wildman–Crippen MR) is 44.5 cm³/mol. The maximum Gasteiger partial charge on any atom is 0.270 e. The lowest BCUT2D eigenvalue weighted by Gasteiger charge is -2.33. The molecule has 0 spiro atoms. The molecule has 1 saturated heterocycles. The summed E-state index contributed by atoms with van der Waals surface area (Å²) in [6, 6.07) is -0.0282. The van der Waals surface area contributed by atoms with E-state index in [1.165, 1.54) is 0 Å². The van der Waals surface area contributed by atoms with E-state index in [0.717, 1.165) is 6.42 Å². The fourth-order valence-electron chi connectivity index (χ4n) is 1.06. The highest BCUT2D eigenvalue weighted by atomic mass is 31.2. The van der Waals surface area contributed by atoms with Gasteiger partial charge in [0.15, 0.2) is 0 Å². The van der Waals surface area contributed by atoms with E-state index in [4.69, 9.17) is 10.9 Å². The highest BCUT2D eigenvalue weighted by Gasteiger charge is 2.32. The molecule has 0 bridgehead atoms. The Hall–Kier alpha value is -0.290. The zero-order chi connectivity index (χ0) is 8.48. The topological polar surface area (TPSA) is 29.5 Å². The molecule has 0 radical (unpaired) electrons. The molecular formula is C7H12NO2P. The minimum absolute atomic E-state index is 0.0282. The summed E-state index contributed by atoms with van der Waals surface area (Å²) >= 11 is 0. The average Bonchev–Trinajstić information content (AvgIpc) is 1.95. The molecule has 11 heavy (non-hydrogen) atoms. The zero-order valence-corrected chi connectivity index (χ0v) is 7.67. The summed E-state index contributed by atoms with van der Waals surface area (Å²) in [6.07, 6.45) is 6.02. The minimum atomic E-state index is -2.56. The van der Waals surface area contributed by atoms with Gasteiger partial charge in [0, 0.05) is 6.66 Å². The molecule has 0 aromatic carbocycles.